The lowest BCUT2D eigenvalue weighted by Gasteiger charge is -2.09. The topological polar surface area (TPSA) is 102 Å². The quantitative estimate of drug-likeness (QED) is 0.837. The standard InChI is InChI=1S/C14H18N6O2/c1-10(2)7-13(21)16-11-3-5-12(6-4-11)17-14(22)8-20-9-15-18-19-20/h3-6,9-10H,7-8H2,1-2H3,(H,16,21)(H,17,22). The molecule has 0 unspecified atom stereocenters. The van der Waals surface area contributed by atoms with Crippen molar-refractivity contribution in [2.24, 2.45) is 5.92 Å². The van der Waals surface area contributed by atoms with E-state index < -0.39 is 0 Å². The van der Waals surface area contributed by atoms with Crippen LogP contribution in [0.1, 0.15) is 20.3 Å². The minimum absolute atomic E-state index is 0.0227. The van der Waals surface area contributed by atoms with Crippen molar-refractivity contribution in [2.45, 2.75) is 26.8 Å². The first kappa shape index (κ1) is 15.6. The molecule has 0 radical (unpaired) electrons. The van der Waals surface area contributed by atoms with Crippen LogP contribution in [0, 0.1) is 5.92 Å². The van der Waals surface area contributed by atoms with E-state index in [2.05, 4.69) is 26.2 Å². The summed E-state index contributed by atoms with van der Waals surface area (Å²) in [6.07, 6.45) is 1.84. The fraction of sp³-hybridized carbons (Fsp3) is 0.357. The molecular weight excluding hydrogens is 284 g/mol. The molecule has 0 spiro atoms. The van der Waals surface area contributed by atoms with Crippen LogP contribution in [0.3, 0.4) is 0 Å². The van der Waals surface area contributed by atoms with Crippen molar-refractivity contribution < 1.29 is 9.59 Å². The third-order valence-electron chi connectivity index (χ3n) is 2.74. The highest BCUT2D eigenvalue weighted by Crippen LogP contribution is 2.14. The van der Waals surface area contributed by atoms with E-state index in [1.807, 2.05) is 13.8 Å². The van der Waals surface area contributed by atoms with Crippen molar-refractivity contribution >= 4 is 23.2 Å². The number of amides is 2. The normalized spacial score (nSPS) is 10.5. The summed E-state index contributed by atoms with van der Waals surface area (Å²) in [6, 6.07) is 6.93. The highest BCUT2D eigenvalue weighted by atomic mass is 16.2. The zero-order valence-corrected chi connectivity index (χ0v) is 12.5. The van der Waals surface area contributed by atoms with Gasteiger partial charge < -0.3 is 10.6 Å². The maximum atomic E-state index is 11.8. The average molecular weight is 302 g/mol. The second-order valence-corrected chi connectivity index (χ2v) is 5.28. The molecule has 1 aromatic heterocycles. The summed E-state index contributed by atoms with van der Waals surface area (Å²) in [7, 11) is 0. The number of nitrogens with one attached hydrogen (secondary N) is 2. The summed E-state index contributed by atoms with van der Waals surface area (Å²) >= 11 is 0. The van der Waals surface area contributed by atoms with Gasteiger partial charge in [-0.2, -0.15) is 0 Å². The monoisotopic (exact) mass is 302 g/mol. The van der Waals surface area contributed by atoms with Crippen LogP contribution in [0.2, 0.25) is 0 Å². The van der Waals surface area contributed by atoms with Gasteiger partial charge >= 0.3 is 0 Å². The summed E-state index contributed by atoms with van der Waals surface area (Å²) in [5, 5.41) is 16.1. The highest BCUT2D eigenvalue weighted by Gasteiger charge is 2.07. The third kappa shape index (κ3) is 4.97. The molecule has 8 heteroatoms. The molecular formula is C14H18N6O2. The fourth-order valence-corrected chi connectivity index (χ4v) is 1.82. The predicted octanol–water partition coefficient (Wildman–Crippen LogP) is 1.30. The number of anilines is 2. The van der Waals surface area contributed by atoms with Crippen LogP contribution < -0.4 is 10.6 Å². The molecule has 0 aliphatic heterocycles. The second kappa shape index (κ2) is 7.30. The lowest BCUT2D eigenvalue weighted by Crippen LogP contribution is -2.19. The molecule has 116 valence electrons. The molecule has 0 fully saturated rings. The zero-order chi connectivity index (χ0) is 15.9. The Labute approximate surface area is 127 Å². The summed E-state index contributed by atoms with van der Waals surface area (Å²) in [6.45, 7) is 4.02. The van der Waals surface area contributed by atoms with Gasteiger partial charge in [0.15, 0.2) is 0 Å². The first-order chi connectivity index (χ1) is 10.5. The van der Waals surface area contributed by atoms with Gasteiger partial charge in [-0.25, -0.2) is 4.68 Å². The summed E-state index contributed by atoms with van der Waals surface area (Å²) in [5.74, 6) is 0.0548. The van der Waals surface area contributed by atoms with E-state index >= 15 is 0 Å². The summed E-state index contributed by atoms with van der Waals surface area (Å²) in [4.78, 5) is 23.4. The summed E-state index contributed by atoms with van der Waals surface area (Å²) < 4.78 is 1.33. The predicted molar refractivity (Wildman–Crippen MR) is 81.0 cm³/mol. The van der Waals surface area contributed by atoms with Gasteiger partial charge in [0, 0.05) is 17.8 Å². The van der Waals surface area contributed by atoms with Gasteiger partial charge in [0.1, 0.15) is 12.9 Å². The molecule has 2 aromatic rings. The van der Waals surface area contributed by atoms with Gasteiger partial charge in [-0.15, -0.1) is 5.10 Å². The molecule has 8 nitrogen and oxygen atoms in total. The van der Waals surface area contributed by atoms with Gasteiger partial charge in [0.05, 0.1) is 0 Å². The molecule has 0 aliphatic carbocycles. The number of hydrogen-bond donors (Lipinski definition) is 2. The third-order valence-corrected chi connectivity index (χ3v) is 2.74. The maximum absolute atomic E-state index is 11.8. The Morgan fingerprint density at radius 3 is 2.18 bits per heavy atom. The molecule has 1 heterocycles. The van der Waals surface area contributed by atoms with Crippen LogP contribution in [0.4, 0.5) is 11.4 Å². The molecule has 2 rings (SSSR count). The molecule has 2 N–H and O–H groups in total. The van der Waals surface area contributed by atoms with Crippen molar-refractivity contribution in [3.05, 3.63) is 30.6 Å². The first-order valence-electron chi connectivity index (χ1n) is 6.93. The number of tetrazole rings is 1. The Balaban J connectivity index is 1.86. The molecule has 2 amide bonds. The van der Waals surface area contributed by atoms with E-state index in [0.29, 0.717) is 23.7 Å². The molecule has 22 heavy (non-hydrogen) atoms. The Kier molecular flexibility index (Phi) is 5.18. The SMILES string of the molecule is CC(C)CC(=O)Nc1ccc(NC(=O)Cn2cnnn2)cc1. The van der Waals surface area contributed by atoms with Gasteiger partial charge in [-0.05, 0) is 40.6 Å². The van der Waals surface area contributed by atoms with E-state index in [-0.39, 0.29) is 18.4 Å². The Bertz CT molecular complexity index is 621. The number of nitrogens with zero attached hydrogens (tertiary/aromatic N) is 4. The molecule has 1 aromatic carbocycles. The Morgan fingerprint density at radius 1 is 1.09 bits per heavy atom. The minimum Gasteiger partial charge on any atom is -0.326 e. The van der Waals surface area contributed by atoms with Crippen LogP contribution in [0.25, 0.3) is 0 Å². The minimum atomic E-state index is -0.233. The largest absolute Gasteiger partial charge is 0.326 e. The lowest BCUT2D eigenvalue weighted by atomic mass is 10.1. The average Bonchev–Trinajstić information content (AvgIpc) is 2.92. The van der Waals surface area contributed by atoms with Gasteiger partial charge in [0.2, 0.25) is 11.8 Å². The van der Waals surface area contributed by atoms with Crippen molar-refractivity contribution in [1.29, 1.82) is 0 Å². The van der Waals surface area contributed by atoms with Crippen molar-refractivity contribution in [2.75, 3.05) is 10.6 Å². The number of carbonyl (C=O) groups is 2. The lowest BCUT2D eigenvalue weighted by molar-refractivity contribution is -0.117. The Morgan fingerprint density at radius 2 is 1.68 bits per heavy atom. The summed E-state index contributed by atoms with van der Waals surface area (Å²) in [5.41, 5.74) is 1.34. The molecule has 0 saturated heterocycles. The zero-order valence-electron chi connectivity index (χ0n) is 12.5. The van der Waals surface area contributed by atoms with Crippen LogP contribution in [-0.4, -0.2) is 32.0 Å². The van der Waals surface area contributed by atoms with Crippen molar-refractivity contribution in [3.8, 4) is 0 Å². The highest BCUT2D eigenvalue weighted by molar-refractivity contribution is 5.92. The van der Waals surface area contributed by atoms with Gasteiger partial charge in [-0.1, -0.05) is 13.8 Å². The Hall–Kier alpha value is -2.77. The number of hydrogen-bond acceptors (Lipinski definition) is 5. The van der Waals surface area contributed by atoms with E-state index in [1.165, 1.54) is 11.0 Å². The van der Waals surface area contributed by atoms with Crippen LogP contribution in [0.15, 0.2) is 30.6 Å². The van der Waals surface area contributed by atoms with Crippen LogP contribution in [0.5, 0.6) is 0 Å². The number of rotatable bonds is 6. The maximum Gasteiger partial charge on any atom is 0.246 e. The molecule has 0 saturated carbocycles. The van der Waals surface area contributed by atoms with E-state index in [1.54, 1.807) is 24.3 Å². The van der Waals surface area contributed by atoms with Crippen molar-refractivity contribution in [3.63, 3.8) is 0 Å². The first-order valence-corrected chi connectivity index (χ1v) is 6.93. The molecule has 0 aliphatic rings. The van der Waals surface area contributed by atoms with E-state index in [4.69, 9.17) is 0 Å². The number of benzene rings is 1. The van der Waals surface area contributed by atoms with Crippen LogP contribution >= 0.6 is 0 Å². The van der Waals surface area contributed by atoms with Gasteiger partial charge in [-0.3, -0.25) is 9.59 Å². The van der Waals surface area contributed by atoms with E-state index in [0.717, 1.165) is 0 Å². The van der Waals surface area contributed by atoms with Crippen LogP contribution in [-0.2, 0) is 16.1 Å². The molecule has 0 atom stereocenters. The van der Waals surface area contributed by atoms with E-state index in [9.17, 15) is 9.59 Å². The second-order valence-electron chi connectivity index (χ2n) is 5.28. The molecule has 0 bridgehead atoms. The smallest absolute Gasteiger partial charge is 0.246 e. The number of carbonyl (C=O) groups excluding carboxylic acids is 2. The fourth-order valence-electron chi connectivity index (χ4n) is 1.82. The van der Waals surface area contributed by atoms with Gasteiger partial charge in [0.25, 0.3) is 0 Å². The van der Waals surface area contributed by atoms with Crippen molar-refractivity contribution in [1.82, 2.24) is 20.2 Å². The number of aromatic nitrogens is 4.